The molecule has 4 heterocycles. The first-order chi connectivity index (χ1) is 48.2. The Bertz CT molecular complexity index is 3870. The van der Waals surface area contributed by atoms with Crippen molar-refractivity contribution in [3.63, 3.8) is 0 Å². The number of esters is 4. The maximum absolute atomic E-state index is 14.8. The number of aromatic nitrogens is 4. The number of carbonyl (C=O) groups is 4. The second-order valence-electron chi connectivity index (χ2n) is 21.2. The number of hydrogen-bond acceptors (Lipinski definition) is 30. The number of methoxy groups -OCH3 is 2. The van der Waals surface area contributed by atoms with Crippen LogP contribution in [0.4, 0.5) is 0 Å². The van der Waals surface area contributed by atoms with Gasteiger partial charge in [-0.25, -0.2) is 28.3 Å². The van der Waals surface area contributed by atoms with E-state index in [-0.39, 0.29) is 83.5 Å². The molecule has 4 aromatic carbocycles. The lowest BCUT2D eigenvalue weighted by atomic mass is 10.1. The average Bonchev–Trinajstić information content (AvgIpc) is 1.64. The summed E-state index contributed by atoms with van der Waals surface area (Å²) in [5.74, 6) is -2.52. The second-order valence-corrected chi connectivity index (χ2v) is 24.3. The normalized spacial score (nSPS) is 19.8. The van der Waals surface area contributed by atoms with Crippen molar-refractivity contribution < 1.29 is 124 Å². The minimum Gasteiger partial charge on any atom is -0.461 e. The molecule has 6 unspecified atom stereocenters. The van der Waals surface area contributed by atoms with Gasteiger partial charge in [-0.2, -0.15) is 0 Å². The maximum atomic E-state index is 14.8. The van der Waals surface area contributed by atoms with Gasteiger partial charge in [0.05, 0.1) is 97.0 Å². The van der Waals surface area contributed by atoms with Gasteiger partial charge in [-0.1, -0.05) is 60.7 Å². The molecule has 2 fully saturated rings. The SMILES string of the molecule is COCCOCCOCCOP(=O)(Oc1ccc(COC(C)=O)cc1)OC1C(O)[C@H](n2ccc(=O)[nH]c2=O)O[C@@H]1CO.COCCOCCOCCOP(=O)(Oc1ccc(COC(C)=O)cc1)OC1C(OC(=O)c2ccccc2)[C@H](n2ccc(=O)[nH]c2=O)O[C@@H]1COC(=O)c1ccccc1.[H+]. The monoisotopic (exact) mass is 1450 g/mol. The summed E-state index contributed by atoms with van der Waals surface area (Å²) < 4.78 is 130. The van der Waals surface area contributed by atoms with E-state index in [4.69, 9.17) is 84.0 Å². The van der Waals surface area contributed by atoms with Crippen LogP contribution in [0.2, 0.25) is 0 Å². The van der Waals surface area contributed by atoms with E-state index in [0.29, 0.717) is 44.2 Å². The third-order valence-electron chi connectivity index (χ3n) is 13.9. The maximum Gasteiger partial charge on any atom is 1.00 e. The number of benzene rings is 4. The molecule has 2 aliphatic heterocycles. The Hall–Kier alpha value is -8.38. The van der Waals surface area contributed by atoms with Crippen LogP contribution < -0.4 is 31.5 Å². The number of aromatic amines is 2. The number of rotatable bonds is 40. The zero-order valence-electron chi connectivity index (χ0n) is 55.7. The fourth-order valence-corrected chi connectivity index (χ4v) is 11.9. The van der Waals surface area contributed by atoms with Gasteiger partial charge >= 0.3 is 52.3 Å². The highest BCUT2D eigenvalue weighted by atomic mass is 31.2. The Labute approximate surface area is 572 Å². The topological polar surface area (TPSA) is 419 Å². The Morgan fingerprint density at radius 2 is 0.910 bits per heavy atom. The van der Waals surface area contributed by atoms with Crippen molar-refractivity contribution in [1.82, 2.24) is 19.1 Å². The Kier molecular flexibility index (Phi) is 32.2. The number of phosphoric ester groups is 2. The third-order valence-corrected chi connectivity index (χ3v) is 16.8. The van der Waals surface area contributed by atoms with Gasteiger partial charge in [-0.05, 0) is 59.7 Å². The summed E-state index contributed by atoms with van der Waals surface area (Å²) in [5, 5.41) is 20.8. The molecule has 0 saturated carbocycles. The molecule has 10 atom stereocenters. The number of nitrogens with one attached hydrogen (secondary N) is 2. The number of aliphatic hydroxyl groups excluding tert-OH is 2. The van der Waals surface area contributed by atoms with Crippen molar-refractivity contribution in [2.75, 3.05) is 107 Å². The molecule has 0 aliphatic carbocycles. The van der Waals surface area contributed by atoms with Crippen LogP contribution in [-0.2, 0) is 107 Å². The van der Waals surface area contributed by atoms with Gasteiger partial charge in [0.1, 0.15) is 61.8 Å². The molecule has 0 spiro atoms. The Morgan fingerprint density at radius 3 is 1.34 bits per heavy atom. The van der Waals surface area contributed by atoms with Gasteiger partial charge in [0, 0.05) is 52.6 Å². The first-order valence-corrected chi connectivity index (χ1v) is 33.8. The highest BCUT2D eigenvalue weighted by molar-refractivity contribution is 7.49. The first kappa shape index (κ1) is 79.0. The predicted octanol–water partition coefficient (Wildman–Crippen LogP) is 4.08. The number of carbonyl (C=O) groups excluding carboxylic acids is 4. The zero-order valence-corrected chi connectivity index (χ0v) is 56.5. The van der Waals surface area contributed by atoms with Crippen molar-refractivity contribution in [1.29, 1.82) is 0 Å². The van der Waals surface area contributed by atoms with E-state index in [9.17, 15) is 57.7 Å². The molecular weight excluding hydrogens is 1370 g/mol. The molecule has 8 rings (SSSR count). The van der Waals surface area contributed by atoms with E-state index in [2.05, 4.69) is 4.98 Å². The third kappa shape index (κ3) is 25.4. The molecule has 36 heteroatoms. The lowest BCUT2D eigenvalue weighted by molar-refractivity contribution is -0.143. The summed E-state index contributed by atoms with van der Waals surface area (Å²) in [7, 11) is -6.25. The second kappa shape index (κ2) is 40.8. The lowest BCUT2D eigenvalue weighted by Crippen LogP contribution is -2.42. The van der Waals surface area contributed by atoms with E-state index < -0.39 is 124 Å². The molecule has 2 aliphatic rings. The Morgan fingerprint density at radius 1 is 0.500 bits per heavy atom. The van der Waals surface area contributed by atoms with Crippen molar-refractivity contribution in [2.24, 2.45) is 0 Å². The standard InChI is InChI=1S/C39H43N2O16P.C25H35N2O14P/c1-27(42)51-25-28-13-15-31(16-14-28)56-58(47,53-24-23-50-22-21-49-20-19-48-2)57-34-32(26-52-37(44)29-9-5-3-6-10-29)54-36(41-18-17-33(43)40-39(41)46)35(34)55-38(45)30-11-7-4-8-12-30;1-17(29)37-16-18-3-5-19(6-4-18)40-42(33,38-14-13-36-12-11-35-10-9-34-2)41-23-20(15-28)39-24(22(23)31)27-8-7-21(30)26-25(27)32/h3-18,32,34-36H,19-26H2,1-2H3,(H,40,43,46);3-8,20,22-24,28,31H,9-16H2,1-2H3,(H,26,30,32)/p+1/t32-,34?,35?,36-,58?;20-,22?,23?,24-,42?/m11/s1. The molecule has 0 radical (unpaired) electrons. The molecule has 544 valence electrons. The minimum absolute atomic E-state index is 0. The Balaban J connectivity index is 0.000000331. The zero-order chi connectivity index (χ0) is 71.9. The summed E-state index contributed by atoms with van der Waals surface area (Å²) in [6.45, 7) is 3.12. The minimum atomic E-state index is -4.81. The summed E-state index contributed by atoms with van der Waals surface area (Å²) in [6, 6.07) is 30.0. The van der Waals surface area contributed by atoms with Gasteiger partial charge < -0.3 is 76.1 Å². The van der Waals surface area contributed by atoms with Crippen molar-refractivity contribution in [3.05, 3.63) is 198 Å². The first-order valence-electron chi connectivity index (χ1n) is 30.9. The summed E-state index contributed by atoms with van der Waals surface area (Å²) >= 11 is 0. The van der Waals surface area contributed by atoms with E-state index in [0.717, 1.165) is 33.7 Å². The smallest absolute Gasteiger partial charge is 0.461 e. The van der Waals surface area contributed by atoms with Gasteiger partial charge in [0.15, 0.2) is 18.6 Å². The van der Waals surface area contributed by atoms with Crippen LogP contribution >= 0.6 is 15.6 Å². The van der Waals surface area contributed by atoms with Gasteiger partial charge in [0.25, 0.3) is 11.1 Å². The van der Waals surface area contributed by atoms with Gasteiger partial charge in [0.2, 0.25) is 0 Å². The van der Waals surface area contributed by atoms with Crippen molar-refractivity contribution in [2.45, 2.75) is 76.1 Å². The summed E-state index contributed by atoms with van der Waals surface area (Å²) in [5.41, 5.74) is -1.66. The largest absolute Gasteiger partial charge is 1.00 e. The summed E-state index contributed by atoms with van der Waals surface area (Å²) in [6.07, 6.45) is -9.70. The predicted molar refractivity (Wildman–Crippen MR) is 346 cm³/mol. The van der Waals surface area contributed by atoms with Crippen LogP contribution in [0.1, 0.15) is 59.6 Å². The van der Waals surface area contributed by atoms with Crippen LogP contribution in [0.5, 0.6) is 11.5 Å². The molecule has 2 aromatic heterocycles. The summed E-state index contributed by atoms with van der Waals surface area (Å²) in [4.78, 5) is 102. The highest BCUT2D eigenvalue weighted by Gasteiger charge is 2.54. The molecule has 0 amide bonds. The number of phosphoric acid groups is 2. The van der Waals surface area contributed by atoms with Crippen molar-refractivity contribution >= 4 is 39.5 Å². The van der Waals surface area contributed by atoms with Crippen LogP contribution in [0.3, 0.4) is 0 Å². The van der Waals surface area contributed by atoms with Crippen molar-refractivity contribution in [3.8, 4) is 11.5 Å². The number of H-pyrrole nitrogens is 2. The number of ether oxygens (including phenoxy) is 12. The molecule has 34 nitrogen and oxygen atoms in total. The molecule has 0 bridgehead atoms. The molecule has 6 aromatic rings. The van der Waals surface area contributed by atoms with Crippen LogP contribution in [0.15, 0.2) is 153 Å². The molecule has 2 saturated heterocycles. The van der Waals surface area contributed by atoms with Crippen LogP contribution in [0.25, 0.3) is 0 Å². The molecule has 100 heavy (non-hydrogen) atoms. The van der Waals surface area contributed by atoms with E-state index in [1.807, 2.05) is 4.98 Å². The fourth-order valence-electron chi connectivity index (χ4n) is 9.10. The fraction of sp³-hybridized carbons (Fsp3) is 0.438. The molecular formula is C64H79N4O30P2+. The molecule has 4 N–H and O–H groups in total. The average molecular weight is 1450 g/mol. The van der Waals surface area contributed by atoms with Gasteiger partial charge in [-0.15, -0.1) is 0 Å². The number of nitrogens with zero attached hydrogens (tertiary/aromatic N) is 2. The van der Waals surface area contributed by atoms with E-state index in [1.165, 1.54) is 62.4 Å². The van der Waals surface area contributed by atoms with E-state index >= 15 is 0 Å². The van der Waals surface area contributed by atoms with Crippen LogP contribution in [0, 0.1) is 0 Å². The van der Waals surface area contributed by atoms with Crippen LogP contribution in [-0.4, -0.2) is 197 Å². The number of aliphatic hydroxyl groups is 2. The quantitative estimate of drug-likeness (QED) is 0.0182. The highest BCUT2D eigenvalue weighted by Crippen LogP contribution is 2.55. The van der Waals surface area contributed by atoms with E-state index in [1.54, 1.807) is 74.9 Å². The lowest BCUT2D eigenvalue weighted by Gasteiger charge is -2.28. The number of hydrogen-bond donors (Lipinski definition) is 4. The van der Waals surface area contributed by atoms with Gasteiger partial charge in [-0.3, -0.25) is 56.4 Å².